The Labute approximate surface area is 157 Å². The molecule has 0 radical (unpaired) electrons. The summed E-state index contributed by atoms with van der Waals surface area (Å²) in [4.78, 5) is 36.6. The predicted molar refractivity (Wildman–Crippen MR) is 96.7 cm³/mol. The van der Waals surface area contributed by atoms with Crippen LogP contribution in [-0.2, 0) is 27.3 Å². The molecule has 8 heteroatoms. The lowest BCUT2D eigenvalue weighted by molar-refractivity contribution is -0.155. The zero-order valence-electron chi connectivity index (χ0n) is 15.4. The van der Waals surface area contributed by atoms with Crippen LogP contribution in [-0.4, -0.2) is 57.5 Å². The summed E-state index contributed by atoms with van der Waals surface area (Å²) in [7, 11) is 0. The van der Waals surface area contributed by atoms with Crippen LogP contribution in [0.1, 0.15) is 23.9 Å². The summed E-state index contributed by atoms with van der Waals surface area (Å²) in [6, 6.07) is 11.3. The summed E-state index contributed by atoms with van der Waals surface area (Å²) in [5, 5.41) is 10.7. The highest BCUT2D eigenvalue weighted by Gasteiger charge is 2.36. The lowest BCUT2D eigenvalue weighted by Crippen LogP contribution is -2.58. The number of rotatable bonds is 5. The van der Waals surface area contributed by atoms with E-state index in [1.54, 1.807) is 22.8 Å². The molecule has 0 saturated carbocycles. The zero-order chi connectivity index (χ0) is 19.8. The Morgan fingerprint density at radius 2 is 1.96 bits per heavy atom. The van der Waals surface area contributed by atoms with Crippen molar-refractivity contribution < 1.29 is 24.0 Å². The van der Waals surface area contributed by atoms with Crippen LogP contribution in [0.25, 0.3) is 0 Å². The Balaban J connectivity index is 0.000000817. The van der Waals surface area contributed by atoms with E-state index in [1.807, 2.05) is 37.3 Å². The molecule has 2 heterocycles. The molecule has 27 heavy (non-hydrogen) atoms. The number of amides is 2. The van der Waals surface area contributed by atoms with Crippen molar-refractivity contribution >= 4 is 18.3 Å². The molecule has 0 unspecified atom stereocenters. The number of carbonyl (C=O) groups is 3. The molecule has 1 aromatic heterocycles. The first-order chi connectivity index (χ1) is 13.0. The number of carbonyl (C=O) groups excluding carboxylic acids is 2. The Morgan fingerprint density at radius 3 is 2.56 bits per heavy atom. The van der Waals surface area contributed by atoms with Crippen LogP contribution in [0, 0.1) is 6.92 Å². The fourth-order valence-electron chi connectivity index (χ4n) is 2.93. The van der Waals surface area contributed by atoms with Gasteiger partial charge in [0.15, 0.2) is 5.76 Å². The van der Waals surface area contributed by atoms with Gasteiger partial charge < -0.3 is 19.4 Å². The van der Waals surface area contributed by atoms with Gasteiger partial charge in [-0.1, -0.05) is 35.5 Å². The van der Waals surface area contributed by atoms with Crippen molar-refractivity contribution in [2.24, 2.45) is 0 Å². The van der Waals surface area contributed by atoms with Crippen molar-refractivity contribution in [1.82, 2.24) is 15.0 Å². The number of hydrogen-bond donors (Lipinski definition) is 1. The third-order valence-electron chi connectivity index (χ3n) is 4.30. The topological polar surface area (TPSA) is 104 Å². The molecule has 1 aromatic carbocycles. The largest absolute Gasteiger partial charge is 0.483 e. The van der Waals surface area contributed by atoms with Gasteiger partial charge >= 0.3 is 0 Å². The van der Waals surface area contributed by atoms with Crippen molar-refractivity contribution in [1.29, 1.82) is 0 Å². The molecule has 2 aromatic rings. The second kappa shape index (κ2) is 9.51. The maximum Gasteiger partial charge on any atom is 0.290 e. The molecular weight excluding hydrogens is 350 g/mol. The van der Waals surface area contributed by atoms with Crippen molar-refractivity contribution in [3.05, 3.63) is 53.4 Å². The molecular formula is C19H23N3O5. The third-order valence-corrected chi connectivity index (χ3v) is 4.30. The molecule has 144 valence electrons. The van der Waals surface area contributed by atoms with E-state index in [-0.39, 0.29) is 31.4 Å². The van der Waals surface area contributed by atoms with Crippen LogP contribution < -0.4 is 0 Å². The Morgan fingerprint density at radius 1 is 1.30 bits per heavy atom. The van der Waals surface area contributed by atoms with Gasteiger partial charge in [-0.25, -0.2) is 0 Å². The number of nitrogens with zero attached hydrogens (tertiary/aromatic N) is 3. The van der Waals surface area contributed by atoms with Crippen molar-refractivity contribution in [3.63, 3.8) is 0 Å². The van der Waals surface area contributed by atoms with Gasteiger partial charge in [-0.2, -0.15) is 0 Å². The predicted octanol–water partition coefficient (Wildman–Crippen LogP) is 1.49. The molecule has 1 N–H and O–H groups in total. The fraction of sp³-hybridized carbons (Fsp3) is 0.368. The van der Waals surface area contributed by atoms with Crippen LogP contribution in [0.4, 0.5) is 0 Å². The SMILES string of the molecule is Cc1cc(CN2C(=O)CN(CCc3ccccc3)C(=O)[C@@H]2C)on1.O=CO. The molecule has 1 fully saturated rings. The summed E-state index contributed by atoms with van der Waals surface area (Å²) in [6.07, 6.45) is 0.744. The molecule has 2 amide bonds. The number of piperazine rings is 1. The average molecular weight is 373 g/mol. The smallest absolute Gasteiger partial charge is 0.290 e. The maximum absolute atomic E-state index is 12.6. The van der Waals surface area contributed by atoms with Crippen LogP contribution >= 0.6 is 0 Å². The highest BCUT2D eigenvalue weighted by Crippen LogP contribution is 2.17. The summed E-state index contributed by atoms with van der Waals surface area (Å²) < 4.78 is 5.16. The zero-order valence-corrected chi connectivity index (χ0v) is 15.4. The van der Waals surface area contributed by atoms with Gasteiger partial charge in [-0.3, -0.25) is 14.4 Å². The van der Waals surface area contributed by atoms with E-state index in [2.05, 4.69) is 5.16 Å². The monoisotopic (exact) mass is 373 g/mol. The van der Waals surface area contributed by atoms with E-state index >= 15 is 0 Å². The first kappa shape index (κ1) is 20.2. The molecule has 1 saturated heterocycles. The van der Waals surface area contributed by atoms with E-state index in [1.165, 1.54) is 0 Å². The Kier molecular flexibility index (Phi) is 7.10. The molecule has 0 spiro atoms. The van der Waals surface area contributed by atoms with Crippen molar-refractivity contribution in [3.8, 4) is 0 Å². The number of carboxylic acid groups (broad SMARTS) is 1. The normalized spacial score (nSPS) is 16.7. The van der Waals surface area contributed by atoms with Gasteiger partial charge in [0.05, 0.1) is 18.8 Å². The minimum absolute atomic E-state index is 0.0261. The standard InChI is InChI=1S/C18H21N3O3.CH2O2/c1-13-10-16(24-19-13)11-21-14(2)18(23)20(12-17(21)22)9-8-15-6-4-3-5-7-15;2-1-3/h3-7,10,14H,8-9,11-12H2,1-2H3;1H,(H,2,3)/t14-;/m0./s1. The molecule has 1 aliphatic heterocycles. The molecule has 8 nitrogen and oxygen atoms in total. The van der Waals surface area contributed by atoms with Gasteiger partial charge in [0.1, 0.15) is 6.04 Å². The number of benzene rings is 1. The summed E-state index contributed by atoms with van der Waals surface area (Å²) in [5.74, 6) is 0.504. The van der Waals surface area contributed by atoms with E-state index < -0.39 is 6.04 Å². The lowest BCUT2D eigenvalue weighted by Gasteiger charge is -2.38. The summed E-state index contributed by atoms with van der Waals surface area (Å²) >= 11 is 0. The van der Waals surface area contributed by atoms with Gasteiger partial charge in [0.2, 0.25) is 11.8 Å². The van der Waals surface area contributed by atoms with Crippen LogP contribution in [0.5, 0.6) is 0 Å². The summed E-state index contributed by atoms with van der Waals surface area (Å²) in [5.41, 5.74) is 1.92. The first-order valence-electron chi connectivity index (χ1n) is 8.58. The number of hydrogen-bond acceptors (Lipinski definition) is 5. The maximum atomic E-state index is 12.6. The Bertz CT molecular complexity index is 775. The molecule has 1 atom stereocenters. The molecule has 1 aliphatic rings. The van der Waals surface area contributed by atoms with E-state index in [0.29, 0.717) is 12.3 Å². The minimum Gasteiger partial charge on any atom is -0.483 e. The highest BCUT2D eigenvalue weighted by atomic mass is 16.5. The van der Waals surface area contributed by atoms with Gasteiger partial charge in [0, 0.05) is 12.6 Å². The highest BCUT2D eigenvalue weighted by molar-refractivity contribution is 5.94. The first-order valence-corrected chi connectivity index (χ1v) is 8.58. The van der Waals surface area contributed by atoms with Crippen molar-refractivity contribution in [2.75, 3.05) is 13.1 Å². The summed E-state index contributed by atoms with van der Waals surface area (Å²) in [6.45, 7) is 4.28. The van der Waals surface area contributed by atoms with Crippen LogP contribution in [0.2, 0.25) is 0 Å². The third kappa shape index (κ3) is 5.40. The van der Waals surface area contributed by atoms with E-state index in [0.717, 1.165) is 17.7 Å². The average Bonchev–Trinajstić information content (AvgIpc) is 3.07. The van der Waals surface area contributed by atoms with Gasteiger partial charge in [0.25, 0.3) is 6.47 Å². The molecule has 3 rings (SSSR count). The minimum atomic E-state index is -0.493. The quantitative estimate of drug-likeness (QED) is 0.796. The number of aryl methyl sites for hydroxylation is 1. The lowest BCUT2D eigenvalue weighted by atomic mass is 10.1. The van der Waals surface area contributed by atoms with Gasteiger partial charge in [-0.05, 0) is 25.8 Å². The van der Waals surface area contributed by atoms with E-state index in [4.69, 9.17) is 14.4 Å². The van der Waals surface area contributed by atoms with Crippen molar-refractivity contribution in [2.45, 2.75) is 32.9 Å². The number of aromatic nitrogens is 1. The second-order valence-electron chi connectivity index (χ2n) is 6.23. The molecule has 0 aliphatic carbocycles. The van der Waals surface area contributed by atoms with Crippen LogP contribution in [0.3, 0.4) is 0 Å². The van der Waals surface area contributed by atoms with Gasteiger partial charge in [-0.15, -0.1) is 0 Å². The van der Waals surface area contributed by atoms with E-state index in [9.17, 15) is 9.59 Å². The Hall–Kier alpha value is -3.16. The second-order valence-corrected chi connectivity index (χ2v) is 6.23. The van der Waals surface area contributed by atoms with Crippen LogP contribution in [0.15, 0.2) is 40.9 Å². The fourth-order valence-corrected chi connectivity index (χ4v) is 2.93. The molecule has 0 bridgehead atoms.